The van der Waals surface area contributed by atoms with E-state index in [1.54, 1.807) is 47.1 Å². The molecule has 0 aromatic heterocycles. The maximum atomic E-state index is 2.74. The minimum Gasteiger partial charge on any atom is -1.00 e. The Bertz CT molecular complexity index is 1290. The second-order valence-electron chi connectivity index (χ2n) is 13.8. The molecule has 39 heavy (non-hydrogen) atoms. The Morgan fingerprint density at radius 3 is 1.77 bits per heavy atom. The first-order valence-corrected chi connectivity index (χ1v) is 19.3. The summed E-state index contributed by atoms with van der Waals surface area (Å²) in [5, 5.41) is 0. The van der Waals surface area contributed by atoms with Crippen molar-refractivity contribution in [3.05, 3.63) is 80.2 Å². The van der Waals surface area contributed by atoms with E-state index in [1.807, 2.05) is 5.57 Å². The van der Waals surface area contributed by atoms with Gasteiger partial charge in [0.25, 0.3) is 0 Å². The molecule has 0 amide bonds. The van der Waals surface area contributed by atoms with Crippen molar-refractivity contribution >= 4 is 3.21 Å². The number of hydrogen-bond donors (Lipinski definition) is 0. The van der Waals surface area contributed by atoms with Crippen LogP contribution in [-0.4, -0.2) is 3.21 Å². The van der Waals surface area contributed by atoms with Gasteiger partial charge in [-0.1, -0.05) is 0 Å². The summed E-state index contributed by atoms with van der Waals surface area (Å²) in [6.45, 7) is 5.13. The average molecular weight is 637 g/mol. The van der Waals surface area contributed by atoms with Crippen LogP contribution in [0.25, 0.3) is 11.1 Å². The maximum absolute atomic E-state index is 2.74. The summed E-state index contributed by atoms with van der Waals surface area (Å²) >= 11 is -2.27. The van der Waals surface area contributed by atoms with Crippen LogP contribution in [0.5, 0.6) is 0 Å². The number of allylic oxidation sites excluding steroid dienone is 4. The van der Waals surface area contributed by atoms with Gasteiger partial charge < -0.3 is 24.8 Å². The SMILES string of the molecule is CC1=CC(C)[C]([Zr+2](=[C]2CCCCC2)[CH]2c3ccccc3-c3ccccc32)=C1C12CC3CC(CC(C3)C1)C2.[Cl-].[Cl-]. The Kier molecular flexibility index (Phi) is 7.88. The molecule has 0 aliphatic heterocycles. The van der Waals surface area contributed by atoms with Gasteiger partial charge in [0, 0.05) is 0 Å². The summed E-state index contributed by atoms with van der Waals surface area (Å²) < 4.78 is 4.83. The molecule has 0 radical (unpaired) electrons. The number of halogens is 2. The van der Waals surface area contributed by atoms with Crippen molar-refractivity contribution in [2.24, 2.45) is 29.1 Å². The van der Waals surface area contributed by atoms with Crippen LogP contribution in [-0.2, 0) is 21.3 Å². The van der Waals surface area contributed by atoms with Crippen molar-refractivity contribution in [3.8, 4) is 11.1 Å². The van der Waals surface area contributed by atoms with Gasteiger partial charge in [-0.25, -0.2) is 0 Å². The predicted octanol–water partition coefficient (Wildman–Crippen LogP) is 3.59. The fourth-order valence-corrected chi connectivity index (χ4v) is 21.6. The van der Waals surface area contributed by atoms with E-state index in [1.165, 1.54) is 51.4 Å². The van der Waals surface area contributed by atoms with Crippen molar-refractivity contribution in [3.63, 3.8) is 0 Å². The van der Waals surface area contributed by atoms with E-state index in [0.29, 0.717) is 15.0 Å². The van der Waals surface area contributed by atoms with Gasteiger partial charge in [0.2, 0.25) is 0 Å². The van der Waals surface area contributed by atoms with Crippen molar-refractivity contribution < 1.29 is 46.1 Å². The molecule has 5 saturated carbocycles. The summed E-state index contributed by atoms with van der Waals surface area (Å²) in [5.74, 6) is 3.72. The molecule has 0 spiro atoms. The van der Waals surface area contributed by atoms with E-state index in [9.17, 15) is 0 Å². The molecule has 1 unspecified atom stereocenters. The van der Waals surface area contributed by atoms with E-state index in [2.05, 4.69) is 74.9 Å². The summed E-state index contributed by atoms with van der Waals surface area (Å²) in [5.41, 5.74) is 10.7. The van der Waals surface area contributed by atoms with Crippen LogP contribution in [0.2, 0.25) is 0 Å². The quantitative estimate of drug-likeness (QED) is 0.484. The zero-order valence-electron chi connectivity index (χ0n) is 23.6. The molecule has 0 nitrogen and oxygen atoms in total. The first-order chi connectivity index (χ1) is 18.1. The van der Waals surface area contributed by atoms with Crippen molar-refractivity contribution in [2.75, 3.05) is 0 Å². The molecule has 2 aromatic carbocycles. The second-order valence-corrected chi connectivity index (χ2v) is 20.3. The summed E-state index contributed by atoms with van der Waals surface area (Å²) in [6.07, 6.45) is 19.1. The van der Waals surface area contributed by atoms with E-state index in [4.69, 9.17) is 0 Å². The van der Waals surface area contributed by atoms with Crippen molar-refractivity contribution in [1.29, 1.82) is 0 Å². The minimum atomic E-state index is -2.27. The first kappa shape index (κ1) is 28.4. The first-order valence-electron chi connectivity index (χ1n) is 15.5. The molecule has 9 rings (SSSR count). The average Bonchev–Trinajstić information content (AvgIpc) is 3.39. The summed E-state index contributed by atoms with van der Waals surface area (Å²) in [7, 11) is 0. The van der Waals surface area contributed by atoms with Gasteiger partial charge in [0.1, 0.15) is 0 Å². The zero-order chi connectivity index (χ0) is 24.7. The normalized spacial score (nSPS) is 32.1. The van der Waals surface area contributed by atoms with Gasteiger partial charge in [-0.15, -0.1) is 0 Å². The maximum Gasteiger partial charge on any atom is -1.00 e. The fourth-order valence-electron chi connectivity index (χ4n) is 10.7. The van der Waals surface area contributed by atoms with Gasteiger partial charge in [-0.05, 0) is 0 Å². The van der Waals surface area contributed by atoms with Crippen LogP contribution in [0.4, 0.5) is 0 Å². The third-order valence-electron chi connectivity index (χ3n) is 11.4. The van der Waals surface area contributed by atoms with Crippen LogP contribution in [0.3, 0.4) is 0 Å². The number of benzene rings is 2. The molecule has 2 aromatic rings. The molecule has 7 aliphatic carbocycles. The van der Waals surface area contributed by atoms with Gasteiger partial charge in [0.05, 0.1) is 0 Å². The van der Waals surface area contributed by atoms with Crippen molar-refractivity contribution in [2.45, 2.75) is 88.1 Å². The number of rotatable bonds is 3. The molecule has 204 valence electrons. The van der Waals surface area contributed by atoms with Crippen molar-refractivity contribution in [1.82, 2.24) is 0 Å². The smallest absolute Gasteiger partial charge is 1.00 e. The van der Waals surface area contributed by atoms with Crippen LogP contribution < -0.4 is 24.8 Å². The Morgan fingerprint density at radius 2 is 1.23 bits per heavy atom. The molecule has 0 N–H and O–H groups in total. The monoisotopic (exact) mass is 634 g/mol. The molecule has 5 fully saturated rings. The molecular formula is C36H42Cl2Zr. The van der Waals surface area contributed by atoms with Crippen LogP contribution >= 0.6 is 0 Å². The van der Waals surface area contributed by atoms with Gasteiger partial charge in [0.15, 0.2) is 0 Å². The standard InChI is InChI=1S/C17H23.C13H9.C6H10.2ClH.Zr/c1-11-3-12(2)16(4-11)17-8-13-5-14(9-17)7-15(6-13)10-17;1-3-7-12-10(5-1)9-11-6-2-4-8-13(11)12;1-2-4-6-5-3-1;;;/h3,11,13-15H,5-10H2,1-2H3;1-9H;1-5H2;2*1H;/q;;;;;+2/p-2. The Morgan fingerprint density at radius 1 is 0.718 bits per heavy atom. The topological polar surface area (TPSA) is 0 Å². The van der Waals surface area contributed by atoms with E-state index in [0.717, 1.165) is 17.8 Å². The van der Waals surface area contributed by atoms with Crippen LogP contribution in [0, 0.1) is 29.1 Å². The molecular weight excluding hydrogens is 595 g/mol. The van der Waals surface area contributed by atoms with E-state index >= 15 is 0 Å². The zero-order valence-corrected chi connectivity index (χ0v) is 27.6. The Labute approximate surface area is 256 Å². The summed E-state index contributed by atoms with van der Waals surface area (Å²) in [6, 6.07) is 19.1. The Balaban J connectivity index is 0.00000138. The third-order valence-corrected chi connectivity index (χ3v) is 20.6. The van der Waals surface area contributed by atoms with Gasteiger partial charge in [-0.3, -0.25) is 0 Å². The minimum absolute atomic E-state index is 0. The summed E-state index contributed by atoms with van der Waals surface area (Å²) in [4.78, 5) is 0. The van der Waals surface area contributed by atoms with Gasteiger partial charge >= 0.3 is 233 Å². The van der Waals surface area contributed by atoms with E-state index < -0.39 is 21.3 Å². The molecule has 0 heterocycles. The number of hydrogen-bond acceptors (Lipinski definition) is 0. The molecule has 1 atom stereocenters. The van der Waals surface area contributed by atoms with Gasteiger partial charge in [-0.2, -0.15) is 0 Å². The van der Waals surface area contributed by atoms with E-state index in [-0.39, 0.29) is 24.8 Å². The molecule has 7 aliphatic rings. The molecule has 4 bridgehead atoms. The molecule has 0 saturated heterocycles. The second kappa shape index (κ2) is 10.8. The van der Waals surface area contributed by atoms with Crippen LogP contribution in [0.15, 0.2) is 69.0 Å². The Hall–Kier alpha value is -0.747. The fraction of sp³-hybridized carbons (Fsp3) is 0.528. The predicted molar refractivity (Wildman–Crippen MR) is 152 cm³/mol. The number of fused-ring (bicyclic) bond motifs is 3. The third kappa shape index (κ3) is 4.43. The molecule has 3 heteroatoms. The largest absolute Gasteiger partial charge is 1.00 e. The van der Waals surface area contributed by atoms with Crippen LogP contribution in [0.1, 0.15) is 99.2 Å².